The second kappa shape index (κ2) is 8.64. The van der Waals surface area contributed by atoms with Crippen molar-refractivity contribution < 1.29 is 14.0 Å². The Morgan fingerprint density at radius 1 is 1.14 bits per heavy atom. The van der Waals surface area contributed by atoms with Crippen molar-refractivity contribution in [2.75, 3.05) is 5.32 Å². The number of fused-ring (bicyclic) bond motifs is 1. The predicted octanol–water partition coefficient (Wildman–Crippen LogP) is 2.75. The van der Waals surface area contributed by atoms with Gasteiger partial charge in [0.15, 0.2) is 0 Å². The molecule has 1 aromatic carbocycles. The fourth-order valence-electron chi connectivity index (χ4n) is 2.76. The number of benzene rings is 1. The van der Waals surface area contributed by atoms with Gasteiger partial charge in [0.2, 0.25) is 5.91 Å². The highest BCUT2D eigenvalue weighted by Crippen LogP contribution is 2.08. The molecule has 0 aliphatic carbocycles. The van der Waals surface area contributed by atoms with Gasteiger partial charge in [-0.1, -0.05) is 26.0 Å². The molecular weight excluding hydrogens is 375 g/mol. The van der Waals surface area contributed by atoms with E-state index < -0.39 is 11.5 Å². The van der Waals surface area contributed by atoms with E-state index in [0.717, 1.165) is 5.56 Å². The average Bonchev–Trinajstić information content (AvgIpc) is 2.68. The molecule has 0 fully saturated rings. The van der Waals surface area contributed by atoms with Crippen LogP contribution < -0.4 is 16.2 Å². The molecule has 7 nitrogen and oxygen atoms in total. The van der Waals surface area contributed by atoms with Gasteiger partial charge in [-0.15, -0.1) is 0 Å². The highest BCUT2D eigenvalue weighted by Gasteiger charge is 2.12. The van der Waals surface area contributed by atoms with Crippen LogP contribution in [0.4, 0.5) is 10.1 Å². The van der Waals surface area contributed by atoms with Gasteiger partial charge in [-0.05, 0) is 35.7 Å². The van der Waals surface area contributed by atoms with E-state index in [-0.39, 0.29) is 41.9 Å². The van der Waals surface area contributed by atoms with Crippen molar-refractivity contribution in [2.24, 2.45) is 5.92 Å². The summed E-state index contributed by atoms with van der Waals surface area (Å²) in [6.45, 7) is 4.03. The minimum atomic E-state index is -0.472. The molecule has 2 amide bonds. The Morgan fingerprint density at radius 2 is 1.86 bits per heavy atom. The molecule has 3 aromatic rings. The number of hydrogen-bond acceptors (Lipinski definition) is 4. The van der Waals surface area contributed by atoms with E-state index in [0.29, 0.717) is 5.65 Å². The molecule has 2 aromatic heterocycles. The molecular formula is C21H21FN4O3. The number of aromatic nitrogens is 2. The number of hydrogen-bond donors (Lipinski definition) is 2. The number of carbonyl (C=O) groups is 2. The molecule has 0 saturated carbocycles. The zero-order chi connectivity index (χ0) is 21.0. The standard InChI is InChI=1S/C21H21FN4O3/c1-13(2)9-19(27)25-17-11-23-18-8-5-15(12-26(18)21(17)29)20(28)24-10-14-3-6-16(22)7-4-14/h3-8,11-13H,9-10H2,1-2H3,(H,24,28)(H,25,27). The van der Waals surface area contributed by atoms with E-state index in [1.807, 2.05) is 13.8 Å². The molecule has 0 bridgehead atoms. The summed E-state index contributed by atoms with van der Waals surface area (Å²) in [6, 6.07) is 8.90. The molecule has 8 heteroatoms. The SMILES string of the molecule is CC(C)CC(=O)Nc1cnc2ccc(C(=O)NCc3ccc(F)cc3)cn2c1=O. The maximum absolute atomic E-state index is 13.0. The Balaban J connectivity index is 1.79. The summed E-state index contributed by atoms with van der Waals surface area (Å²) in [5, 5.41) is 5.29. The van der Waals surface area contributed by atoms with Crippen LogP contribution in [0.25, 0.3) is 5.65 Å². The van der Waals surface area contributed by atoms with Gasteiger partial charge in [0.1, 0.15) is 17.2 Å². The first kappa shape index (κ1) is 20.2. The molecule has 0 aliphatic heterocycles. The predicted molar refractivity (Wildman–Crippen MR) is 107 cm³/mol. The van der Waals surface area contributed by atoms with Crippen molar-refractivity contribution in [3.05, 3.63) is 76.1 Å². The first-order valence-electron chi connectivity index (χ1n) is 9.17. The minimum absolute atomic E-state index is 0.0528. The van der Waals surface area contributed by atoms with Gasteiger partial charge in [0.25, 0.3) is 11.5 Å². The maximum Gasteiger partial charge on any atom is 0.281 e. The van der Waals surface area contributed by atoms with Crippen LogP contribution >= 0.6 is 0 Å². The third kappa shape index (κ3) is 5.04. The van der Waals surface area contributed by atoms with Crippen LogP contribution in [0, 0.1) is 11.7 Å². The first-order valence-corrected chi connectivity index (χ1v) is 9.17. The van der Waals surface area contributed by atoms with Crippen molar-refractivity contribution in [2.45, 2.75) is 26.8 Å². The van der Waals surface area contributed by atoms with E-state index in [1.54, 1.807) is 24.3 Å². The molecule has 0 unspecified atom stereocenters. The maximum atomic E-state index is 13.0. The normalized spacial score (nSPS) is 10.9. The number of carbonyl (C=O) groups excluding carboxylic acids is 2. The molecule has 0 atom stereocenters. The van der Waals surface area contributed by atoms with Crippen molar-refractivity contribution in [3.8, 4) is 0 Å². The molecule has 2 N–H and O–H groups in total. The Kier molecular flexibility index (Phi) is 6.01. The van der Waals surface area contributed by atoms with Crippen LogP contribution in [0.15, 0.2) is 53.6 Å². The van der Waals surface area contributed by atoms with Gasteiger partial charge in [-0.3, -0.25) is 18.8 Å². The van der Waals surface area contributed by atoms with Crippen LogP contribution in [0.1, 0.15) is 36.2 Å². The lowest BCUT2D eigenvalue weighted by Gasteiger charge is -2.09. The lowest BCUT2D eigenvalue weighted by atomic mass is 10.1. The van der Waals surface area contributed by atoms with E-state index in [2.05, 4.69) is 15.6 Å². The summed E-state index contributed by atoms with van der Waals surface area (Å²) in [5.74, 6) is -0.857. The molecule has 150 valence electrons. The fraction of sp³-hybridized carbons (Fsp3) is 0.238. The van der Waals surface area contributed by atoms with E-state index in [9.17, 15) is 18.8 Å². The van der Waals surface area contributed by atoms with Crippen LogP contribution in [0.2, 0.25) is 0 Å². The van der Waals surface area contributed by atoms with Crippen LogP contribution in [-0.2, 0) is 11.3 Å². The van der Waals surface area contributed by atoms with Gasteiger partial charge < -0.3 is 10.6 Å². The molecule has 0 radical (unpaired) electrons. The quantitative estimate of drug-likeness (QED) is 0.670. The molecule has 0 spiro atoms. The molecule has 0 saturated heterocycles. The molecule has 3 rings (SSSR count). The van der Waals surface area contributed by atoms with Crippen molar-refractivity contribution in [3.63, 3.8) is 0 Å². The first-order chi connectivity index (χ1) is 13.8. The van der Waals surface area contributed by atoms with Gasteiger partial charge in [-0.2, -0.15) is 0 Å². The van der Waals surface area contributed by atoms with Crippen molar-refractivity contribution in [1.29, 1.82) is 0 Å². The number of rotatable bonds is 6. The number of anilines is 1. The monoisotopic (exact) mass is 396 g/mol. The Bertz CT molecular complexity index is 1110. The smallest absolute Gasteiger partial charge is 0.281 e. The van der Waals surface area contributed by atoms with E-state index in [1.165, 1.54) is 28.9 Å². The van der Waals surface area contributed by atoms with Crippen LogP contribution in [0.5, 0.6) is 0 Å². The summed E-state index contributed by atoms with van der Waals surface area (Å²) in [4.78, 5) is 41.2. The third-order valence-corrected chi connectivity index (χ3v) is 4.20. The molecule has 2 heterocycles. The van der Waals surface area contributed by atoms with Crippen LogP contribution in [-0.4, -0.2) is 21.2 Å². The number of halogens is 1. The van der Waals surface area contributed by atoms with Crippen molar-refractivity contribution in [1.82, 2.24) is 14.7 Å². The third-order valence-electron chi connectivity index (χ3n) is 4.20. The van der Waals surface area contributed by atoms with Gasteiger partial charge in [0, 0.05) is 19.2 Å². The Hall–Kier alpha value is -3.55. The Labute approximate surface area is 166 Å². The second-order valence-corrected chi connectivity index (χ2v) is 7.08. The van der Waals surface area contributed by atoms with E-state index in [4.69, 9.17) is 0 Å². The van der Waals surface area contributed by atoms with Gasteiger partial charge in [-0.25, -0.2) is 9.37 Å². The molecule has 29 heavy (non-hydrogen) atoms. The summed E-state index contributed by atoms with van der Waals surface area (Å²) in [5.41, 5.74) is 0.938. The minimum Gasteiger partial charge on any atom is -0.348 e. The summed E-state index contributed by atoms with van der Waals surface area (Å²) < 4.78 is 14.2. The summed E-state index contributed by atoms with van der Waals surface area (Å²) >= 11 is 0. The Morgan fingerprint density at radius 3 is 2.55 bits per heavy atom. The zero-order valence-corrected chi connectivity index (χ0v) is 16.1. The largest absolute Gasteiger partial charge is 0.348 e. The number of nitrogens with one attached hydrogen (secondary N) is 2. The van der Waals surface area contributed by atoms with Gasteiger partial charge >= 0.3 is 0 Å². The number of pyridine rings is 1. The average molecular weight is 396 g/mol. The van der Waals surface area contributed by atoms with E-state index >= 15 is 0 Å². The number of nitrogens with zero attached hydrogens (tertiary/aromatic N) is 2. The highest BCUT2D eigenvalue weighted by atomic mass is 19.1. The zero-order valence-electron chi connectivity index (χ0n) is 16.1. The van der Waals surface area contributed by atoms with Crippen molar-refractivity contribution >= 4 is 23.1 Å². The second-order valence-electron chi connectivity index (χ2n) is 7.08. The molecule has 0 aliphatic rings. The van der Waals surface area contributed by atoms with Crippen LogP contribution in [0.3, 0.4) is 0 Å². The summed E-state index contributed by atoms with van der Waals surface area (Å²) in [6.07, 6.45) is 2.97. The highest BCUT2D eigenvalue weighted by molar-refractivity contribution is 5.94. The van der Waals surface area contributed by atoms with Gasteiger partial charge in [0.05, 0.1) is 11.8 Å². The topological polar surface area (TPSA) is 92.6 Å². The lowest BCUT2D eigenvalue weighted by molar-refractivity contribution is -0.116. The lowest BCUT2D eigenvalue weighted by Crippen LogP contribution is -2.26. The fourth-order valence-corrected chi connectivity index (χ4v) is 2.76. The summed E-state index contributed by atoms with van der Waals surface area (Å²) in [7, 11) is 0. The number of amides is 2.